The first-order valence-electron chi connectivity index (χ1n) is 5.66. The zero-order valence-corrected chi connectivity index (χ0v) is 10.4. The average molecular weight is 250 g/mol. The minimum absolute atomic E-state index is 0.318. The van der Waals surface area contributed by atoms with Gasteiger partial charge in [-0.3, -0.25) is 0 Å². The van der Waals surface area contributed by atoms with E-state index >= 15 is 0 Å². The smallest absolute Gasteiger partial charge is 0.123 e. The van der Waals surface area contributed by atoms with Crippen LogP contribution in [0.15, 0.2) is 18.2 Å². The molecule has 0 aliphatic carbocycles. The van der Waals surface area contributed by atoms with Gasteiger partial charge in [0.25, 0.3) is 0 Å². The molecule has 0 radical (unpaired) electrons. The molecule has 4 nitrogen and oxygen atoms in total. The molecule has 1 aromatic carbocycles. The van der Waals surface area contributed by atoms with E-state index in [1.807, 2.05) is 0 Å². The molecule has 1 atom stereocenters. The standard InChI is InChI=1S/C13H15FN2O2/c1-16-12(13(6-15)7-18-8-13)10-5-9(14)3-4-11(10)17-2/h3-5,12,16H,7-8H2,1-2H3. The Hall–Kier alpha value is -1.64. The quantitative estimate of drug-likeness (QED) is 0.882. The Labute approximate surface area is 105 Å². The van der Waals surface area contributed by atoms with E-state index in [1.165, 1.54) is 19.2 Å². The lowest BCUT2D eigenvalue weighted by atomic mass is 9.76. The molecule has 1 aromatic rings. The van der Waals surface area contributed by atoms with Crippen molar-refractivity contribution in [3.8, 4) is 11.8 Å². The fraction of sp³-hybridized carbons (Fsp3) is 0.462. The number of hydrogen-bond acceptors (Lipinski definition) is 4. The molecule has 1 aliphatic heterocycles. The Morgan fingerprint density at radius 2 is 2.28 bits per heavy atom. The van der Waals surface area contributed by atoms with Gasteiger partial charge in [0.15, 0.2) is 0 Å². The molecule has 0 amide bonds. The van der Waals surface area contributed by atoms with Crippen molar-refractivity contribution in [1.82, 2.24) is 5.32 Å². The molecule has 0 bridgehead atoms. The van der Waals surface area contributed by atoms with Crippen LogP contribution in [0.1, 0.15) is 11.6 Å². The highest BCUT2D eigenvalue weighted by molar-refractivity contribution is 5.39. The Morgan fingerprint density at radius 3 is 2.72 bits per heavy atom. The molecule has 96 valence electrons. The molecule has 1 N–H and O–H groups in total. The number of nitriles is 1. The lowest BCUT2D eigenvalue weighted by Crippen LogP contribution is -2.50. The van der Waals surface area contributed by atoms with Gasteiger partial charge in [-0.15, -0.1) is 0 Å². The van der Waals surface area contributed by atoms with E-state index < -0.39 is 5.41 Å². The maximum atomic E-state index is 13.4. The zero-order valence-electron chi connectivity index (χ0n) is 10.4. The Balaban J connectivity index is 2.44. The number of hydrogen-bond donors (Lipinski definition) is 1. The minimum atomic E-state index is -0.657. The van der Waals surface area contributed by atoms with Crippen LogP contribution in [0, 0.1) is 22.6 Å². The topological polar surface area (TPSA) is 54.3 Å². The van der Waals surface area contributed by atoms with Crippen LogP contribution in [-0.2, 0) is 4.74 Å². The van der Waals surface area contributed by atoms with Gasteiger partial charge in [-0.05, 0) is 25.2 Å². The average Bonchev–Trinajstić information content (AvgIpc) is 2.33. The monoisotopic (exact) mass is 250 g/mol. The highest BCUT2D eigenvalue weighted by Crippen LogP contribution is 2.42. The maximum Gasteiger partial charge on any atom is 0.123 e. The maximum absolute atomic E-state index is 13.4. The third-order valence-corrected chi connectivity index (χ3v) is 3.29. The number of halogens is 1. The summed E-state index contributed by atoms with van der Waals surface area (Å²) >= 11 is 0. The van der Waals surface area contributed by atoms with Gasteiger partial charge in [0.05, 0.1) is 32.4 Å². The predicted octanol–water partition coefficient (Wildman–Crippen LogP) is 1.63. The minimum Gasteiger partial charge on any atom is -0.496 e. The van der Waals surface area contributed by atoms with Crippen molar-refractivity contribution in [1.29, 1.82) is 5.26 Å². The molecule has 1 saturated heterocycles. The Bertz CT molecular complexity index is 480. The second-order valence-corrected chi connectivity index (χ2v) is 4.37. The number of ether oxygens (including phenoxy) is 2. The molecule has 2 rings (SSSR count). The van der Waals surface area contributed by atoms with Gasteiger partial charge in [0.2, 0.25) is 0 Å². The summed E-state index contributed by atoms with van der Waals surface area (Å²) in [4.78, 5) is 0. The van der Waals surface area contributed by atoms with Crippen LogP contribution in [0.5, 0.6) is 5.75 Å². The molecule has 1 aliphatic rings. The summed E-state index contributed by atoms with van der Waals surface area (Å²) in [7, 11) is 3.27. The van der Waals surface area contributed by atoms with E-state index in [9.17, 15) is 9.65 Å². The summed E-state index contributed by atoms with van der Waals surface area (Å²) < 4.78 is 23.8. The van der Waals surface area contributed by atoms with Crippen LogP contribution >= 0.6 is 0 Å². The molecular weight excluding hydrogens is 235 g/mol. The summed E-state index contributed by atoms with van der Waals surface area (Å²) in [5.41, 5.74) is -0.0135. The highest BCUT2D eigenvalue weighted by Gasteiger charge is 2.47. The molecule has 1 unspecified atom stereocenters. The molecule has 1 fully saturated rings. The summed E-state index contributed by atoms with van der Waals surface area (Å²) in [5.74, 6) is 0.219. The fourth-order valence-corrected chi connectivity index (χ4v) is 2.28. The third kappa shape index (κ3) is 1.94. The molecular formula is C13H15FN2O2. The van der Waals surface area contributed by atoms with E-state index in [4.69, 9.17) is 9.47 Å². The largest absolute Gasteiger partial charge is 0.496 e. The summed E-state index contributed by atoms with van der Waals surface area (Å²) in [6.07, 6.45) is 0. The van der Waals surface area contributed by atoms with Crippen LogP contribution in [-0.4, -0.2) is 27.4 Å². The molecule has 0 spiro atoms. The van der Waals surface area contributed by atoms with Crippen LogP contribution in [0.3, 0.4) is 0 Å². The lowest BCUT2D eigenvalue weighted by Gasteiger charge is -2.41. The second-order valence-electron chi connectivity index (χ2n) is 4.37. The van der Waals surface area contributed by atoms with Gasteiger partial charge in [-0.1, -0.05) is 0 Å². The van der Waals surface area contributed by atoms with Crippen LogP contribution in [0.2, 0.25) is 0 Å². The fourth-order valence-electron chi connectivity index (χ4n) is 2.28. The van der Waals surface area contributed by atoms with Gasteiger partial charge in [-0.25, -0.2) is 4.39 Å². The summed E-state index contributed by atoms with van der Waals surface area (Å²) in [6, 6.07) is 6.26. The molecule has 0 aromatic heterocycles. The molecule has 18 heavy (non-hydrogen) atoms. The summed E-state index contributed by atoms with van der Waals surface area (Å²) in [6.45, 7) is 0.684. The number of benzene rings is 1. The first kappa shape index (κ1) is 12.8. The molecule has 0 saturated carbocycles. The SMILES string of the molecule is CNC(c1cc(F)ccc1OC)C1(C#N)COC1. The van der Waals surface area contributed by atoms with Gasteiger partial charge >= 0.3 is 0 Å². The van der Waals surface area contributed by atoms with Crippen molar-refractivity contribution in [2.24, 2.45) is 5.41 Å². The zero-order chi connectivity index (χ0) is 13.2. The predicted molar refractivity (Wildman–Crippen MR) is 63.6 cm³/mol. The number of nitrogens with zero attached hydrogens (tertiary/aromatic N) is 1. The first-order valence-corrected chi connectivity index (χ1v) is 5.66. The second kappa shape index (κ2) is 4.92. The lowest BCUT2D eigenvalue weighted by molar-refractivity contribution is -0.0966. The van der Waals surface area contributed by atoms with Gasteiger partial charge in [-0.2, -0.15) is 5.26 Å². The van der Waals surface area contributed by atoms with Crippen molar-refractivity contribution < 1.29 is 13.9 Å². The van der Waals surface area contributed by atoms with Crippen molar-refractivity contribution in [2.45, 2.75) is 6.04 Å². The van der Waals surface area contributed by atoms with E-state index in [2.05, 4.69) is 11.4 Å². The summed E-state index contributed by atoms with van der Waals surface area (Å²) in [5, 5.41) is 12.4. The Kier molecular flexibility index (Phi) is 3.50. The number of rotatable bonds is 4. The van der Waals surface area contributed by atoms with Crippen LogP contribution in [0.4, 0.5) is 4.39 Å². The number of methoxy groups -OCH3 is 1. The molecule has 1 heterocycles. The first-order chi connectivity index (χ1) is 8.66. The van der Waals surface area contributed by atoms with E-state index in [-0.39, 0.29) is 11.9 Å². The van der Waals surface area contributed by atoms with Crippen molar-refractivity contribution >= 4 is 0 Å². The number of nitrogens with one attached hydrogen (secondary N) is 1. The van der Waals surface area contributed by atoms with Crippen LogP contribution in [0.25, 0.3) is 0 Å². The van der Waals surface area contributed by atoms with E-state index in [0.717, 1.165) is 0 Å². The Morgan fingerprint density at radius 1 is 1.56 bits per heavy atom. The van der Waals surface area contributed by atoms with Gasteiger partial charge in [0, 0.05) is 5.56 Å². The van der Waals surface area contributed by atoms with Gasteiger partial charge < -0.3 is 14.8 Å². The van der Waals surface area contributed by atoms with Crippen molar-refractivity contribution in [3.05, 3.63) is 29.6 Å². The van der Waals surface area contributed by atoms with Crippen molar-refractivity contribution in [3.63, 3.8) is 0 Å². The van der Waals surface area contributed by atoms with E-state index in [1.54, 1.807) is 13.1 Å². The van der Waals surface area contributed by atoms with E-state index in [0.29, 0.717) is 24.5 Å². The van der Waals surface area contributed by atoms with Crippen molar-refractivity contribution in [2.75, 3.05) is 27.4 Å². The van der Waals surface area contributed by atoms with Crippen LogP contribution < -0.4 is 10.1 Å². The highest BCUT2D eigenvalue weighted by atomic mass is 19.1. The molecule has 5 heteroatoms. The normalized spacial score (nSPS) is 18.6. The van der Waals surface area contributed by atoms with Gasteiger partial charge in [0.1, 0.15) is 17.0 Å². The third-order valence-electron chi connectivity index (χ3n) is 3.29.